The first kappa shape index (κ1) is 13.0. The number of pyridine rings is 1. The number of hydrogen-bond donors (Lipinski definition) is 1. The maximum Gasteiger partial charge on any atom is 0.274 e. The van der Waals surface area contributed by atoms with E-state index in [0.717, 1.165) is 0 Å². The van der Waals surface area contributed by atoms with Crippen molar-refractivity contribution < 1.29 is 13.9 Å². The predicted octanol–water partition coefficient (Wildman–Crippen LogP) is 2.87. The molecule has 19 heavy (non-hydrogen) atoms. The minimum Gasteiger partial charge on any atom is -0.492 e. The molecule has 4 nitrogen and oxygen atoms in total. The van der Waals surface area contributed by atoms with Gasteiger partial charge in [0.25, 0.3) is 5.91 Å². The number of carbonyl (C=O) groups excluding carboxylic acids is 1. The molecule has 98 valence electrons. The largest absolute Gasteiger partial charge is 0.492 e. The first-order valence-corrected chi connectivity index (χ1v) is 5.86. The Kier molecular flexibility index (Phi) is 4.07. The van der Waals surface area contributed by atoms with Crippen molar-refractivity contribution in [3.8, 4) is 5.75 Å². The number of hydrogen-bond acceptors (Lipinski definition) is 3. The summed E-state index contributed by atoms with van der Waals surface area (Å²) in [6.45, 7) is 2.35. The first-order chi connectivity index (χ1) is 9.20. The lowest BCUT2D eigenvalue weighted by atomic mass is 10.2. The molecule has 0 saturated carbocycles. The highest BCUT2D eigenvalue weighted by Gasteiger charge is 2.11. The molecule has 0 fully saturated rings. The number of rotatable bonds is 4. The summed E-state index contributed by atoms with van der Waals surface area (Å²) in [6, 6.07) is 11.1. The molecule has 0 aliphatic heterocycles. The summed E-state index contributed by atoms with van der Waals surface area (Å²) in [5.41, 5.74) is 0.548. The predicted molar refractivity (Wildman–Crippen MR) is 69.8 cm³/mol. The van der Waals surface area contributed by atoms with Gasteiger partial charge in [0.05, 0.1) is 12.3 Å². The van der Waals surface area contributed by atoms with Crippen LogP contribution >= 0.6 is 0 Å². The van der Waals surface area contributed by atoms with E-state index in [4.69, 9.17) is 4.74 Å². The molecule has 1 aromatic heterocycles. The molecule has 1 amide bonds. The van der Waals surface area contributed by atoms with Gasteiger partial charge in [0.1, 0.15) is 11.4 Å². The van der Waals surface area contributed by atoms with Crippen LogP contribution in [0.15, 0.2) is 42.5 Å². The third-order valence-electron chi connectivity index (χ3n) is 2.38. The van der Waals surface area contributed by atoms with Crippen molar-refractivity contribution in [2.45, 2.75) is 6.92 Å². The Morgan fingerprint density at radius 3 is 2.79 bits per heavy atom. The van der Waals surface area contributed by atoms with Crippen molar-refractivity contribution >= 4 is 11.6 Å². The van der Waals surface area contributed by atoms with Gasteiger partial charge < -0.3 is 10.1 Å². The zero-order chi connectivity index (χ0) is 13.7. The van der Waals surface area contributed by atoms with E-state index in [1.807, 2.05) is 6.92 Å². The maximum atomic E-state index is 13.0. The van der Waals surface area contributed by atoms with Crippen molar-refractivity contribution in [2.24, 2.45) is 0 Å². The lowest BCUT2D eigenvalue weighted by Crippen LogP contribution is -2.15. The summed E-state index contributed by atoms with van der Waals surface area (Å²) in [4.78, 5) is 15.5. The fourth-order valence-electron chi connectivity index (χ4n) is 1.57. The second kappa shape index (κ2) is 5.95. The highest BCUT2D eigenvalue weighted by atomic mass is 19.1. The summed E-state index contributed by atoms with van der Waals surface area (Å²) in [5.74, 6) is -0.604. The molecule has 0 aliphatic carbocycles. The molecule has 1 heterocycles. The third kappa shape index (κ3) is 3.28. The van der Waals surface area contributed by atoms with E-state index < -0.39 is 11.9 Å². The lowest BCUT2D eigenvalue weighted by Gasteiger charge is -2.10. The Hall–Kier alpha value is -2.43. The fraction of sp³-hybridized carbons (Fsp3) is 0.143. The number of nitrogens with zero attached hydrogens (tertiary/aromatic N) is 1. The van der Waals surface area contributed by atoms with Crippen molar-refractivity contribution in [3.63, 3.8) is 0 Å². The van der Waals surface area contributed by atoms with E-state index in [1.54, 1.807) is 24.3 Å². The van der Waals surface area contributed by atoms with Crippen LogP contribution in [-0.4, -0.2) is 17.5 Å². The van der Waals surface area contributed by atoms with Gasteiger partial charge in [-0.05, 0) is 31.2 Å². The molecule has 0 saturated heterocycles. The lowest BCUT2D eigenvalue weighted by molar-refractivity contribution is 0.102. The number of ether oxygens (including phenoxy) is 1. The fourth-order valence-corrected chi connectivity index (χ4v) is 1.57. The van der Waals surface area contributed by atoms with Crippen LogP contribution in [0.3, 0.4) is 0 Å². The van der Waals surface area contributed by atoms with Gasteiger partial charge in [0.2, 0.25) is 5.95 Å². The van der Waals surface area contributed by atoms with Crippen LogP contribution in [0.25, 0.3) is 0 Å². The van der Waals surface area contributed by atoms with Gasteiger partial charge in [-0.15, -0.1) is 0 Å². The molecular formula is C14H13FN2O2. The summed E-state index contributed by atoms with van der Waals surface area (Å²) in [7, 11) is 0. The molecule has 0 bridgehead atoms. The highest BCUT2D eigenvalue weighted by molar-refractivity contribution is 6.03. The van der Waals surface area contributed by atoms with Crippen molar-refractivity contribution in [2.75, 3.05) is 11.9 Å². The molecule has 5 heteroatoms. The van der Waals surface area contributed by atoms with E-state index in [1.165, 1.54) is 18.2 Å². The summed E-state index contributed by atoms with van der Waals surface area (Å²) >= 11 is 0. The molecule has 1 aromatic carbocycles. The Morgan fingerprint density at radius 1 is 1.26 bits per heavy atom. The van der Waals surface area contributed by atoms with E-state index >= 15 is 0 Å². The van der Waals surface area contributed by atoms with Crippen LogP contribution in [0.2, 0.25) is 0 Å². The minimum atomic E-state index is -0.689. The van der Waals surface area contributed by atoms with Gasteiger partial charge in [-0.2, -0.15) is 4.39 Å². The Labute approximate surface area is 110 Å². The van der Waals surface area contributed by atoms with Gasteiger partial charge in [-0.25, -0.2) is 4.98 Å². The smallest absolute Gasteiger partial charge is 0.274 e. The number of para-hydroxylation sites is 2. The van der Waals surface area contributed by atoms with Crippen LogP contribution in [0.5, 0.6) is 5.75 Å². The molecule has 1 N–H and O–H groups in total. The Morgan fingerprint density at radius 2 is 2.05 bits per heavy atom. The van der Waals surface area contributed by atoms with Crippen molar-refractivity contribution in [3.05, 3.63) is 54.1 Å². The number of benzene rings is 1. The normalized spacial score (nSPS) is 10.0. The van der Waals surface area contributed by atoms with Crippen LogP contribution in [-0.2, 0) is 0 Å². The standard InChI is InChI=1S/C14H13FN2O2/c1-2-19-12-8-4-3-6-10(12)17-14(18)11-7-5-9-13(15)16-11/h3-9H,2H2,1H3,(H,17,18). The number of halogens is 1. The summed E-state index contributed by atoms with van der Waals surface area (Å²) < 4.78 is 18.3. The molecule has 0 unspecified atom stereocenters. The van der Waals surface area contributed by atoms with Gasteiger partial charge in [0, 0.05) is 0 Å². The quantitative estimate of drug-likeness (QED) is 0.860. The number of nitrogens with one attached hydrogen (secondary N) is 1. The molecule has 0 atom stereocenters. The Balaban J connectivity index is 2.19. The summed E-state index contributed by atoms with van der Waals surface area (Å²) in [5, 5.41) is 2.65. The number of anilines is 1. The molecule has 0 aliphatic rings. The molecule has 2 rings (SSSR count). The zero-order valence-corrected chi connectivity index (χ0v) is 10.4. The Bertz CT molecular complexity index is 587. The third-order valence-corrected chi connectivity index (χ3v) is 2.38. The van der Waals surface area contributed by atoms with E-state index in [-0.39, 0.29) is 5.69 Å². The van der Waals surface area contributed by atoms with Crippen LogP contribution in [0.1, 0.15) is 17.4 Å². The number of aromatic nitrogens is 1. The second-order valence-corrected chi connectivity index (χ2v) is 3.73. The van der Waals surface area contributed by atoms with Crippen LogP contribution < -0.4 is 10.1 Å². The molecule has 0 spiro atoms. The molecule has 2 aromatic rings. The SMILES string of the molecule is CCOc1ccccc1NC(=O)c1cccc(F)n1. The minimum absolute atomic E-state index is 0.0197. The van der Waals surface area contributed by atoms with Gasteiger partial charge in [0.15, 0.2) is 0 Å². The number of carbonyl (C=O) groups is 1. The average Bonchev–Trinajstić information content (AvgIpc) is 2.41. The first-order valence-electron chi connectivity index (χ1n) is 5.86. The second-order valence-electron chi connectivity index (χ2n) is 3.73. The van der Waals surface area contributed by atoms with Gasteiger partial charge in [-0.3, -0.25) is 4.79 Å². The van der Waals surface area contributed by atoms with Gasteiger partial charge >= 0.3 is 0 Å². The monoisotopic (exact) mass is 260 g/mol. The van der Waals surface area contributed by atoms with Crippen LogP contribution in [0.4, 0.5) is 10.1 Å². The molecule has 0 radical (unpaired) electrons. The highest BCUT2D eigenvalue weighted by Crippen LogP contribution is 2.24. The van der Waals surface area contributed by atoms with E-state index in [9.17, 15) is 9.18 Å². The van der Waals surface area contributed by atoms with Gasteiger partial charge in [-0.1, -0.05) is 18.2 Å². The van der Waals surface area contributed by atoms with Crippen molar-refractivity contribution in [1.29, 1.82) is 0 Å². The van der Waals surface area contributed by atoms with E-state index in [2.05, 4.69) is 10.3 Å². The summed E-state index contributed by atoms with van der Waals surface area (Å²) in [6.07, 6.45) is 0. The van der Waals surface area contributed by atoms with Crippen molar-refractivity contribution in [1.82, 2.24) is 4.98 Å². The van der Waals surface area contributed by atoms with Crippen LogP contribution in [0, 0.1) is 5.95 Å². The topological polar surface area (TPSA) is 51.2 Å². The maximum absolute atomic E-state index is 13.0. The zero-order valence-electron chi connectivity index (χ0n) is 10.4. The average molecular weight is 260 g/mol. The molecular weight excluding hydrogens is 247 g/mol. The number of amides is 1. The van der Waals surface area contributed by atoms with E-state index in [0.29, 0.717) is 18.0 Å².